The van der Waals surface area contributed by atoms with Crippen LogP contribution in [0.4, 0.5) is 0 Å². The van der Waals surface area contributed by atoms with Crippen LogP contribution < -0.4 is 5.32 Å². The van der Waals surface area contributed by atoms with Gasteiger partial charge in [0.1, 0.15) is 0 Å². The third-order valence-electron chi connectivity index (χ3n) is 6.25. The molecular weight excluding hydrogens is 438 g/mol. The molecule has 1 amide bonds. The third kappa shape index (κ3) is 6.41. The fourth-order valence-electron chi connectivity index (χ4n) is 4.37. The van der Waals surface area contributed by atoms with Gasteiger partial charge < -0.3 is 10.1 Å². The van der Waals surface area contributed by atoms with E-state index < -0.39 is 10.0 Å². The number of nitrogens with one attached hydrogen (secondary N) is 1. The minimum atomic E-state index is -3.59. The molecule has 8 heteroatoms. The molecule has 0 bridgehead atoms. The van der Waals surface area contributed by atoms with Gasteiger partial charge in [0, 0.05) is 44.8 Å². The number of amides is 1. The predicted octanol–water partition coefficient (Wildman–Crippen LogP) is 3.01. The standard InChI is InChI=1S/C25H33N3O4S/c29-25(26-19-21-7-5-8-22(17-21)20-27-13-15-32-16-14-27)23-9-6-10-24(18-23)33(30,31)28-11-3-1-2-4-12-28/h5-10,17-18H,1-4,11-16,19-20H2,(H,26,29). The van der Waals surface area contributed by atoms with E-state index in [0.717, 1.165) is 64.1 Å². The highest BCUT2D eigenvalue weighted by molar-refractivity contribution is 7.89. The first kappa shape index (κ1) is 23.9. The van der Waals surface area contributed by atoms with Gasteiger partial charge in [-0.05, 0) is 42.2 Å². The van der Waals surface area contributed by atoms with Crippen LogP contribution in [-0.4, -0.2) is 62.9 Å². The van der Waals surface area contributed by atoms with Crippen molar-refractivity contribution in [3.8, 4) is 0 Å². The highest BCUT2D eigenvalue weighted by Gasteiger charge is 2.25. The van der Waals surface area contributed by atoms with E-state index >= 15 is 0 Å². The van der Waals surface area contributed by atoms with E-state index in [2.05, 4.69) is 22.3 Å². The van der Waals surface area contributed by atoms with Crippen molar-refractivity contribution in [1.82, 2.24) is 14.5 Å². The molecule has 2 fully saturated rings. The second-order valence-electron chi connectivity index (χ2n) is 8.74. The molecule has 2 aliphatic rings. The molecule has 0 aromatic heterocycles. The summed E-state index contributed by atoms with van der Waals surface area (Å²) in [6, 6.07) is 14.6. The van der Waals surface area contributed by atoms with Crippen molar-refractivity contribution < 1.29 is 17.9 Å². The fourth-order valence-corrected chi connectivity index (χ4v) is 5.93. The van der Waals surface area contributed by atoms with Crippen molar-refractivity contribution in [2.24, 2.45) is 0 Å². The topological polar surface area (TPSA) is 79.0 Å². The van der Waals surface area contributed by atoms with Crippen LogP contribution >= 0.6 is 0 Å². The molecule has 2 saturated heterocycles. The van der Waals surface area contributed by atoms with E-state index in [4.69, 9.17) is 4.74 Å². The summed E-state index contributed by atoms with van der Waals surface area (Å²) in [6.07, 6.45) is 3.87. The van der Waals surface area contributed by atoms with Gasteiger partial charge >= 0.3 is 0 Å². The summed E-state index contributed by atoms with van der Waals surface area (Å²) >= 11 is 0. The molecule has 33 heavy (non-hydrogen) atoms. The number of rotatable bonds is 7. The number of benzene rings is 2. The minimum absolute atomic E-state index is 0.185. The van der Waals surface area contributed by atoms with Gasteiger partial charge in [-0.25, -0.2) is 8.42 Å². The van der Waals surface area contributed by atoms with Crippen LogP contribution in [0.1, 0.15) is 47.2 Å². The van der Waals surface area contributed by atoms with E-state index in [1.165, 1.54) is 11.6 Å². The molecule has 0 saturated carbocycles. The number of hydrogen-bond acceptors (Lipinski definition) is 5. The minimum Gasteiger partial charge on any atom is -0.379 e. The van der Waals surface area contributed by atoms with Crippen molar-refractivity contribution in [3.63, 3.8) is 0 Å². The number of sulfonamides is 1. The Hall–Kier alpha value is -2.26. The summed E-state index contributed by atoms with van der Waals surface area (Å²) in [4.78, 5) is 15.3. The Morgan fingerprint density at radius 1 is 0.879 bits per heavy atom. The summed E-state index contributed by atoms with van der Waals surface area (Å²) < 4.78 is 33.1. The van der Waals surface area contributed by atoms with Gasteiger partial charge in [-0.1, -0.05) is 43.2 Å². The Morgan fingerprint density at radius 3 is 2.33 bits per heavy atom. The van der Waals surface area contributed by atoms with E-state index in [9.17, 15) is 13.2 Å². The van der Waals surface area contributed by atoms with Gasteiger partial charge in [-0.2, -0.15) is 4.31 Å². The lowest BCUT2D eigenvalue weighted by atomic mass is 10.1. The fraction of sp³-hybridized carbons (Fsp3) is 0.480. The molecule has 0 unspecified atom stereocenters. The van der Waals surface area contributed by atoms with Gasteiger partial charge in [-0.3, -0.25) is 9.69 Å². The zero-order chi connectivity index (χ0) is 23.1. The first-order valence-corrected chi connectivity index (χ1v) is 13.2. The van der Waals surface area contributed by atoms with Crippen LogP contribution in [0.2, 0.25) is 0 Å². The summed E-state index contributed by atoms with van der Waals surface area (Å²) in [5.41, 5.74) is 2.58. The number of carbonyl (C=O) groups is 1. The monoisotopic (exact) mass is 471 g/mol. The van der Waals surface area contributed by atoms with Crippen LogP contribution in [-0.2, 0) is 27.8 Å². The SMILES string of the molecule is O=C(NCc1cccc(CN2CCOCC2)c1)c1cccc(S(=O)(=O)N2CCCCCC2)c1. The molecule has 0 atom stereocenters. The highest BCUT2D eigenvalue weighted by Crippen LogP contribution is 2.21. The molecule has 2 aromatic rings. The number of nitrogens with zero attached hydrogens (tertiary/aromatic N) is 2. The van der Waals surface area contributed by atoms with Crippen LogP contribution in [0.25, 0.3) is 0 Å². The van der Waals surface area contributed by atoms with Crippen molar-refractivity contribution in [2.45, 2.75) is 43.7 Å². The van der Waals surface area contributed by atoms with E-state index in [1.807, 2.05) is 12.1 Å². The van der Waals surface area contributed by atoms with Crippen molar-refractivity contribution in [3.05, 3.63) is 65.2 Å². The summed E-state index contributed by atoms with van der Waals surface area (Å²) in [5, 5.41) is 2.93. The Balaban J connectivity index is 1.38. The maximum Gasteiger partial charge on any atom is 0.251 e. The number of morpholine rings is 1. The molecule has 1 N–H and O–H groups in total. The van der Waals surface area contributed by atoms with Crippen molar-refractivity contribution >= 4 is 15.9 Å². The molecule has 4 rings (SSSR count). The summed E-state index contributed by atoms with van der Waals surface area (Å²) in [7, 11) is -3.59. The Morgan fingerprint density at radius 2 is 1.58 bits per heavy atom. The quantitative estimate of drug-likeness (QED) is 0.672. The Kier molecular flexibility index (Phi) is 8.14. The van der Waals surface area contributed by atoms with Gasteiger partial charge in [-0.15, -0.1) is 0 Å². The lowest BCUT2D eigenvalue weighted by molar-refractivity contribution is 0.0342. The van der Waals surface area contributed by atoms with Gasteiger partial charge in [0.2, 0.25) is 10.0 Å². The number of ether oxygens (including phenoxy) is 1. The Labute approximate surface area is 196 Å². The highest BCUT2D eigenvalue weighted by atomic mass is 32.2. The average Bonchev–Trinajstić information content (AvgIpc) is 3.14. The van der Waals surface area contributed by atoms with Crippen LogP contribution in [0.5, 0.6) is 0 Å². The zero-order valence-corrected chi connectivity index (χ0v) is 19.9. The van der Waals surface area contributed by atoms with Crippen molar-refractivity contribution in [2.75, 3.05) is 39.4 Å². The van der Waals surface area contributed by atoms with Crippen molar-refractivity contribution in [1.29, 1.82) is 0 Å². The Bertz CT molecular complexity index is 1040. The first-order chi connectivity index (χ1) is 16.0. The first-order valence-electron chi connectivity index (χ1n) is 11.8. The number of hydrogen-bond donors (Lipinski definition) is 1. The largest absolute Gasteiger partial charge is 0.379 e. The van der Waals surface area contributed by atoms with Gasteiger partial charge in [0.25, 0.3) is 5.91 Å². The second kappa shape index (κ2) is 11.2. The lowest BCUT2D eigenvalue weighted by Crippen LogP contribution is -2.35. The predicted molar refractivity (Wildman–Crippen MR) is 127 cm³/mol. The van der Waals surface area contributed by atoms with E-state index in [1.54, 1.807) is 22.5 Å². The molecule has 2 aromatic carbocycles. The van der Waals surface area contributed by atoms with E-state index in [0.29, 0.717) is 25.2 Å². The molecular formula is C25H33N3O4S. The van der Waals surface area contributed by atoms with E-state index in [-0.39, 0.29) is 10.8 Å². The average molecular weight is 472 g/mol. The normalized spacial score (nSPS) is 18.5. The molecule has 178 valence electrons. The summed E-state index contributed by atoms with van der Waals surface area (Å²) in [5.74, 6) is -0.276. The summed E-state index contributed by atoms with van der Waals surface area (Å²) in [6.45, 7) is 5.72. The molecule has 2 heterocycles. The van der Waals surface area contributed by atoms with Gasteiger partial charge in [0.05, 0.1) is 18.1 Å². The second-order valence-corrected chi connectivity index (χ2v) is 10.7. The van der Waals surface area contributed by atoms with Crippen LogP contribution in [0, 0.1) is 0 Å². The molecule has 0 spiro atoms. The van der Waals surface area contributed by atoms with Gasteiger partial charge in [0.15, 0.2) is 0 Å². The molecule has 7 nitrogen and oxygen atoms in total. The smallest absolute Gasteiger partial charge is 0.251 e. The molecule has 2 aliphatic heterocycles. The zero-order valence-electron chi connectivity index (χ0n) is 19.0. The van der Waals surface area contributed by atoms with Crippen LogP contribution in [0.15, 0.2) is 53.4 Å². The number of carbonyl (C=O) groups excluding carboxylic acids is 1. The van der Waals surface area contributed by atoms with Crippen LogP contribution in [0.3, 0.4) is 0 Å². The lowest BCUT2D eigenvalue weighted by Gasteiger charge is -2.26. The third-order valence-corrected chi connectivity index (χ3v) is 8.15. The maximum atomic E-state index is 13.1. The molecule has 0 aliphatic carbocycles. The molecule has 0 radical (unpaired) electrons. The maximum absolute atomic E-state index is 13.1.